The minimum atomic E-state index is -0.850. The van der Waals surface area contributed by atoms with E-state index in [1.54, 1.807) is 6.08 Å². The average molecular weight is 905 g/mol. The van der Waals surface area contributed by atoms with E-state index in [-0.39, 0.29) is 18.5 Å². The Hall–Kier alpha value is -1.40. The zero-order valence-electron chi connectivity index (χ0n) is 43.3. The Morgan fingerprint density at radius 2 is 0.719 bits per heavy atom. The van der Waals surface area contributed by atoms with Crippen molar-refractivity contribution in [2.45, 2.75) is 334 Å². The molecule has 6 nitrogen and oxygen atoms in total. The molecular formula is C58H113NO5. The van der Waals surface area contributed by atoms with Gasteiger partial charge in [-0.2, -0.15) is 0 Å². The average Bonchev–Trinajstić information content (AvgIpc) is 3.29. The van der Waals surface area contributed by atoms with Gasteiger partial charge in [0.05, 0.1) is 25.4 Å². The molecule has 6 heteroatoms. The van der Waals surface area contributed by atoms with Gasteiger partial charge >= 0.3 is 5.97 Å². The number of carbonyl (C=O) groups is 2. The second-order valence-electron chi connectivity index (χ2n) is 20.0. The first-order valence-electron chi connectivity index (χ1n) is 29.0. The SMILES string of the molecule is CCCCCCCCCCCCCCCCCCCCC/C=C/C(O)C(CO)NC(=O)CCCCCCCCCCCCCCCCCOC(=O)CCCCCCCCCCCCC. The molecule has 0 aliphatic carbocycles. The summed E-state index contributed by atoms with van der Waals surface area (Å²) in [5.74, 6) is -0.0732. The van der Waals surface area contributed by atoms with Crippen LogP contribution in [-0.4, -0.2) is 47.4 Å². The van der Waals surface area contributed by atoms with Gasteiger partial charge in [0.2, 0.25) is 5.91 Å². The number of aliphatic hydroxyl groups is 2. The zero-order chi connectivity index (χ0) is 46.5. The Balaban J connectivity index is 3.47. The molecule has 0 rings (SSSR count). The summed E-state index contributed by atoms with van der Waals surface area (Å²) in [5, 5.41) is 23.2. The molecule has 0 aromatic rings. The van der Waals surface area contributed by atoms with Gasteiger partial charge in [-0.05, 0) is 32.1 Å². The van der Waals surface area contributed by atoms with E-state index < -0.39 is 12.1 Å². The molecule has 0 aliphatic heterocycles. The van der Waals surface area contributed by atoms with Crippen molar-refractivity contribution in [1.29, 1.82) is 0 Å². The van der Waals surface area contributed by atoms with Gasteiger partial charge in [-0.1, -0.05) is 289 Å². The molecule has 0 aromatic heterocycles. The van der Waals surface area contributed by atoms with Crippen LogP contribution in [0.5, 0.6) is 0 Å². The van der Waals surface area contributed by atoms with Crippen molar-refractivity contribution in [2.24, 2.45) is 0 Å². The molecule has 0 heterocycles. The van der Waals surface area contributed by atoms with Crippen molar-refractivity contribution in [3.63, 3.8) is 0 Å². The molecule has 0 aromatic carbocycles. The van der Waals surface area contributed by atoms with Gasteiger partial charge in [0.25, 0.3) is 0 Å². The second kappa shape index (κ2) is 54.2. The molecule has 1 amide bonds. The molecule has 2 unspecified atom stereocenters. The van der Waals surface area contributed by atoms with Gasteiger partial charge in [-0.3, -0.25) is 9.59 Å². The number of rotatable bonds is 54. The number of esters is 1. The van der Waals surface area contributed by atoms with Crippen molar-refractivity contribution >= 4 is 11.9 Å². The Kier molecular flexibility index (Phi) is 53.0. The van der Waals surface area contributed by atoms with Crippen LogP contribution in [0.2, 0.25) is 0 Å². The lowest BCUT2D eigenvalue weighted by Gasteiger charge is -2.20. The number of ether oxygens (including phenoxy) is 1. The standard InChI is InChI=1S/C58H113NO5/c1-3-5-7-9-11-13-15-16-17-18-19-20-21-22-24-27-31-34-38-42-46-50-56(61)55(54-60)59-57(62)51-47-43-39-35-32-28-25-23-26-29-33-37-41-45-49-53-64-58(63)52-48-44-40-36-30-14-12-10-8-6-4-2/h46,50,55-56,60-61H,3-45,47-49,51-54H2,1-2H3,(H,59,62)/b50-46+. The van der Waals surface area contributed by atoms with E-state index in [1.807, 2.05) is 6.08 Å². The fourth-order valence-corrected chi connectivity index (χ4v) is 9.11. The van der Waals surface area contributed by atoms with Crippen molar-refractivity contribution in [2.75, 3.05) is 13.2 Å². The highest BCUT2D eigenvalue weighted by molar-refractivity contribution is 5.76. The summed E-state index contributed by atoms with van der Waals surface area (Å²) >= 11 is 0. The van der Waals surface area contributed by atoms with Gasteiger partial charge in [0, 0.05) is 12.8 Å². The molecule has 0 bridgehead atoms. The topological polar surface area (TPSA) is 95.9 Å². The molecule has 0 aliphatic rings. The van der Waals surface area contributed by atoms with Crippen LogP contribution in [0.15, 0.2) is 12.2 Å². The van der Waals surface area contributed by atoms with E-state index in [4.69, 9.17) is 4.74 Å². The van der Waals surface area contributed by atoms with Crippen LogP contribution in [0.3, 0.4) is 0 Å². The van der Waals surface area contributed by atoms with Crippen LogP contribution in [-0.2, 0) is 14.3 Å². The molecule has 0 radical (unpaired) electrons. The van der Waals surface area contributed by atoms with E-state index in [1.165, 1.54) is 250 Å². The quantitative estimate of drug-likeness (QED) is 0.0321. The predicted molar refractivity (Wildman–Crippen MR) is 278 cm³/mol. The Bertz CT molecular complexity index is 955. The molecule has 2 atom stereocenters. The Morgan fingerprint density at radius 3 is 1.06 bits per heavy atom. The minimum Gasteiger partial charge on any atom is -0.466 e. The highest BCUT2D eigenvalue weighted by atomic mass is 16.5. The van der Waals surface area contributed by atoms with Crippen LogP contribution in [0, 0.1) is 0 Å². The van der Waals surface area contributed by atoms with Crippen LogP contribution in [0.1, 0.15) is 322 Å². The normalized spacial score (nSPS) is 12.6. The number of unbranched alkanes of at least 4 members (excludes halogenated alkanes) is 43. The maximum atomic E-state index is 12.5. The lowest BCUT2D eigenvalue weighted by Crippen LogP contribution is -2.45. The number of hydrogen-bond acceptors (Lipinski definition) is 5. The fourth-order valence-electron chi connectivity index (χ4n) is 9.11. The Labute approximate surface area is 399 Å². The number of hydrogen-bond donors (Lipinski definition) is 3. The fraction of sp³-hybridized carbons (Fsp3) is 0.931. The van der Waals surface area contributed by atoms with Gasteiger partial charge < -0.3 is 20.3 Å². The van der Waals surface area contributed by atoms with Gasteiger partial charge in [-0.25, -0.2) is 0 Å². The van der Waals surface area contributed by atoms with Crippen molar-refractivity contribution in [1.82, 2.24) is 5.32 Å². The maximum Gasteiger partial charge on any atom is 0.305 e. The lowest BCUT2D eigenvalue weighted by molar-refractivity contribution is -0.143. The van der Waals surface area contributed by atoms with Crippen molar-refractivity contribution in [3.8, 4) is 0 Å². The Morgan fingerprint density at radius 1 is 0.422 bits per heavy atom. The summed E-state index contributed by atoms with van der Waals surface area (Å²) in [4.78, 5) is 24.5. The van der Waals surface area contributed by atoms with Gasteiger partial charge in [0.1, 0.15) is 0 Å². The summed E-state index contributed by atoms with van der Waals surface area (Å²) in [6.45, 7) is 4.90. The number of allylic oxidation sites excluding steroid dienone is 1. The number of nitrogens with one attached hydrogen (secondary N) is 1. The van der Waals surface area contributed by atoms with E-state index in [0.29, 0.717) is 19.4 Å². The van der Waals surface area contributed by atoms with Crippen LogP contribution < -0.4 is 5.32 Å². The molecule has 3 N–H and O–H groups in total. The largest absolute Gasteiger partial charge is 0.466 e. The first kappa shape index (κ1) is 62.6. The van der Waals surface area contributed by atoms with Gasteiger partial charge in [-0.15, -0.1) is 0 Å². The molecule has 0 fully saturated rings. The van der Waals surface area contributed by atoms with Crippen LogP contribution >= 0.6 is 0 Å². The highest BCUT2D eigenvalue weighted by Gasteiger charge is 2.18. The van der Waals surface area contributed by atoms with Crippen LogP contribution in [0.25, 0.3) is 0 Å². The third kappa shape index (κ3) is 50.0. The van der Waals surface area contributed by atoms with E-state index in [9.17, 15) is 19.8 Å². The highest BCUT2D eigenvalue weighted by Crippen LogP contribution is 2.17. The maximum absolute atomic E-state index is 12.5. The predicted octanol–water partition coefficient (Wildman–Crippen LogP) is 17.7. The van der Waals surface area contributed by atoms with E-state index in [0.717, 1.165) is 44.9 Å². The minimum absolute atomic E-state index is 0.0000676. The molecular weight excluding hydrogens is 791 g/mol. The number of amides is 1. The molecule has 0 saturated heterocycles. The first-order valence-corrected chi connectivity index (χ1v) is 29.0. The van der Waals surface area contributed by atoms with Crippen LogP contribution in [0.4, 0.5) is 0 Å². The van der Waals surface area contributed by atoms with E-state index >= 15 is 0 Å². The summed E-state index contributed by atoms with van der Waals surface area (Å²) in [6.07, 6.45) is 63.7. The summed E-state index contributed by atoms with van der Waals surface area (Å²) in [5.41, 5.74) is 0. The molecule has 64 heavy (non-hydrogen) atoms. The first-order chi connectivity index (χ1) is 31.5. The second-order valence-corrected chi connectivity index (χ2v) is 20.0. The van der Waals surface area contributed by atoms with Gasteiger partial charge in [0.15, 0.2) is 0 Å². The lowest BCUT2D eigenvalue weighted by atomic mass is 10.0. The molecule has 0 saturated carbocycles. The number of aliphatic hydroxyl groups excluding tert-OH is 2. The van der Waals surface area contributed by atoms with Crippen molar-refractivity contribution < 1.29 is 24.5 Å². The third-order valence-corrected chi connectivity index (χ3v) is 13.6. The monoisotopic (exact) mass is 904 g/mol. The summed E-state index contributed by atoms with van der Waals surface area (Å²) in [7, 11) is 0. The number of carbonyl (C=O) groups excluding carboxylic acids is 2. The molecule has 0 spiro atoms. The van der Waals surface area contributed by atoms with E-state index in [2.05, 4.69) is 19.2 Å². The molecule has 380 valence electrons. The smallest absolute Gasteiger partial charge is 0.305 e. The summed E-state index contributed by atoms with van der Waals surface area (Å²) in [6, 6.07) is -0.634. The van der Waals surface area contributed by atoms with Crippen molar-refractivity contribution in [3.05, 3.63) is 12.2 Å². The summed E-state index contributed by atoms with van der Waals surface area (Å²) < 4.78 is 5.46. The zero-order valence-corrected chi connectivity index (χ0v) is 43.3. The third-order valence-electron chi connectivity index (χ3n) is 13.6.